The van der Waals surface area contributed by atoms with Crippen molar-refractivity contribution < 1.29 is 29.3 Å². The Morgan fingerprint density at radius 1 is 1.33 bits per heavy atom. The summed E-state index contributed by atoms with van der Waals surface area (Å²) in [6.07, 6.45) is 3.59. The number of rotatable bonds is 2. The zero-order valence-corrected chi connectivity index (χ0v) is 10.3. The van der Waals surface area contributed by atoms with Crippen LogP contribution in [0.5, 0.6) is 0 Å². The second-order valence-electron chi connectivity index (χ2n) is 3.81. The molecule has 1 aliphatic carbocycles. The molecule has 6 nitrogen and oxygen atoms in total. The Hall–Kier alpha value is -1.82. The van der Waals surface area contributed by atoms with E-state index < -0.39 is 11.9 Å². The minimum atomic E-state index is -0.942. The first-order valence-electron chi connectivity index (χ1n) is 5.43. The number of aliphatic hydroxyl groups is 1. The van der Waals surface area contributed by atoms with Crippen LogP contribution in [0, 0.1) is 11.8 Å². The van der Waals surface area contributed by atoms with Crippen LogP contribution in [0.25, 0.3) is 0 Å². The molecule has 2 rings (SSSR count). The monoisotopic (exact) mass is 256 g/mol. The van der Waals surface area contributed by atoms with Gasteiger partial charge < -0.3 is 19.7 Å². The number of esters is 1. The number of methoxy groups -OCH3 is 1. The molecule has 18 heavy (non-hydrogen) atoms. The maximum absolute atomic E-state index is 11.4. The minimum absolute atomic E-state index is 0.118. The lowest BCUT2D eigenvalue weighted by atomic mass is 9.85. The van der Waals surface area contributed by atoms with Gasteiger partial charge in [-0.05, 0) is 6.42 Å². The number of allylic oxidation sites excluding steroid dienone is 1. The standard InChI is InChI=1S/C11H12O5.CH4O/c1-15-11(14)9-5-16-4-8-6(9)2-3-7(8)10(12)13;1-2/h3,5-6,8H,2,4H2,1H3,(H,12,13);2H,1H3. The highest BCUT2D eigenvalue weighted by Gasteiger charge is 2.40. The van der Waals surface area contributed by atoms with E-state index in [1.165, 1.54) is 13.4 Å². The van der Waals surface area contributed by atoms with Crippen LogP contribution >= 0.6 is 0 Å². The van der Waals surface area contributed by atoms with Gasteiger partial charge in [0.2, 0.25) is 0 Å². The average Bonchev–Trinajstić information content (AvgIpc) is 2.84. The SMILES string of the molecule is CO.COC(=O)C1=COCC2C(C(=O)O)=CCC12. The van der Waals surface area contributed by atoms with Gasteiger partial charge in [0.05, 0.1) is 25.6 Å². The Morgan fingerprint density at radius 3 is 2.56 bits per heavy atom. The number of aliphatic carboxylic acids is 1. The van der Waals surface area contributed by atoms with E-state index in [2.05, 4.69) is 4.74 Å². The minimum Gasteiger partial charge on any atom is -0.500 e. The fourth-order valence-corrected chi connectivity index (χ4v) is 2.23. The number of hydrogen-bond donors (Lipinski definition) is 2. The number of aliphatic hydroxyl groups excluding tert-OH is 1. The van der Waals surface area contributed by atoms with E-state index in [4.69, 9.17) is 14.9 Å². The van der Waals surface area contributed by atoms with Gasteiger partial charge >= 0.3 is 11.9 Å². The number of ether oxygens (including phenoxy) is 2. The first-order valence-corrected chi connectivity index (χ1v) is 5.43. The summed E-state index contributed by atoms with van der Waals surface area (Å²) in [6.45, 7) is 0.309. The van der Waals surface area contributed by atoms with Crippen molar-refractivity contribution in [3.05, 3.63) is 23.5 Å². The van der Waals surface area contributed by atoms with Crippen LogP contribution in [-0.2, 0) is 19.1 Å². The summed E-state index contributed by atoms with van der Waals surface area (Å²) in [7, 11) is 2.30. The quantitative estimate of drug-likeness (QED) is 0.691. The van der Waals surface area contributed by atoms with Crippen LogP contribution in [0.15, 0.2) is 23.5 Å². The van der Waals surface area contributed by atoms with Crippen LogP contribution in [-0.4, -0.2) is 43.0 Å². The van der Waals surface area contributed by atoms with Crippen LogP contribution in [0.3, 0.4) is 0 Å². The van der Waals surface area contributed by atoms with E-state index in [1.807, 2.05) is 0 Å². The molecule has 2 unspecified atom stereocenters. The van der Waals surface area contributed by atoms with E-state index in [0.717, 1.165) is 7.11 Å². The largest absolute Gasteiger partial charge is 0.500 e. The van der Waals surface area contributed by atoms with Gasteiger partial charge in [0.15, 0.2) is 0 Å². The van der Waals surface area contributed by atoms with Crippen LogP contribution in [0.4, 0.5) is 0 Å². The molecule has 2 aliphatic rings. The van der Waals surface area contributed by atoms with Gasteiger partial charge in [-0.2, -0.15) is 0 Å². The molecule has 0 amide bonds. The molecule has 2 atom stereocenters. The van der Waals surface area contributed by atoms with Crippen molar-refractivity contribution in [1.29, 1.82) is 0 Å². The summed E-state index contributed by atoms with van der Waals surface area (Å²) in [5.74, 6) is -1.75. The molecule has 6 heteroatoms. The molecule has 0 aromatic heterocycles. The summed E-state index contributed by atoms with van der Waals surface area (Å²) in [4.78, 5) is 22.4. The maximum Gasteiger partial charge on any atom is 0.337 e. The van der Waals surface area contributed by atoms with Crippen LogP contribution in [0.2, 0.25) is 0 Å². The maximum atomic E-state index is 11.4. The molecule has 0 saturated heterocycles. The zero-order valence-electron chi connectivity index (χ0n) is 10.3. The van der Waals surface area contributed by atoms with Crippen LogP contribution in [0.1, 0.15) is 6.42 Å². The van der Waals surface area contributed by atoms with E-state index in [1.54, 1.807) is 6.08 Å². The van der Waals surface area contributed by atoms with Gasteiger partial charge in [0.1, 0.15) is 0 Å². The predicted octanol–water partition coefficient (Wildman–Crippen LogP) is 0.329. The summed E-state index contributed by atoms with van der Waals surface area (Å²) >= 11 is 0. The smallest absolute Gasteiger partial charge is 0.337 e. The van der Waals surface area contributed by atoms with Crippen molar-refractivity contribution in [2.75, 3.05) is 20.8 Å². The van der Waals surface area contributed by atoms with Gasteiger partial charge in [-0.1, -0.05) is 6.08 Å². The summed E-state index contributed by atoms with van der Waals surface area (Å²) in [5, 5.41) is 16.0. The number of fused-ring (bicyclic) bond motifs is 1. The molecule has 0 aromatic carbocycles. The molecule has 0 bridgehead atoms. The van der Waals surface area contributed by atoms with Crippen molar-refractivity contribution in [2.45, 2.75) is 6.42 Å². The third-order valence-corrected chi connectivity index (χ3v) is 3.03. The Bertz CT molecular complexity index is 395. The Balaban J connectivity index is 0.000000771. The van der Waals surface area contributed by atoms with Crippen LogP contribution < -0.4 is 0 Å². The topological polar surface area (TPSA) is 93.1 Å². The normalized spacial score (nSPS) is 24.6. The summed E-state index contributed by atoms with van der Waals surface area (Å²) in [6, 6.07) is 0. The summed E-state index contributed by atoms with van der Waals surface area (Å²) in [5.41, 5.74) is 0.755. The van der Waals surface area contributed by atoms with Crippen molar-refractivity contribution in [2.24, 2.45) is 11.8 Å². The lowest BCUT2D eigenvalue weighted by molar-refractivity contribution is -0.138. The van der Waals surface area contributed by atoms with Crippen molar-refractivity contribution in [3.63, 3.8) is 0 Å². The third-order valence-electron chi connectivity index (χ3n) is 3.03. The molecule has 2 N–H and O–H groups in total. The van der Waals surface area contributed by atoms with Gasteiger partial charge in [0.25, 0.3) is 0 Å². The number of carboxylic acid groups (broad SMARTS) is 1. The number of carbonyl (C=O) groups excluding carboxylic acids is 1. The second kappa shape index (κ2) is 6.20. The van der Waals surface area contributed by atoms with E-state index in [0.29, 0.717) is 24.2 Å². The van der Waals surface area contributed by atoms with E-state index in [9.17, 15) is 9.59 Å². The molecule has 0 radical (unpaired) electrons. The fraction of sp³-hybridized carbons (Fsp3) is 0.500. The second-order valence-corrected chi connectivity index (χ2v) is 3.81. The highest BCUT2D eigenvalue weighted by atomic mass is 16.5. The fourth-order valence-electron chi connectivity index (χ4n) is 2.23. The molecule has 100 valence electrons. The van der Waals surface area contributed by atoms with Gasteiger partial charge in [0, 0.05) is 24.5 Å². The molecule has 0 spiro atoms. The van der Waals surface area contributed by atoms with Gasteiger partial charge in [-0.25, -0.2) is 9.59 Å². The molecular formula is C12H16O6. The molecule has 1 aliphatic heterocycles. The Morgan fingerprint density at radius 2 is 2.00 bits per heavy atom. The molecule has 0 saturated carbocycles. The zero-order chi connectivity index (χ0) is 13.7. The number of hydrogen-bond acceptors (Lipinski definition) is 5. The third kappa shape index (κ3) is 2.53. The van der Waals surface area contributed by atoms with E-state index in [-0.39, 0.29) is 11.8 Å². The lowest BCUT2D eigenvalue weighted by Crippen LogP contribution is -2.29. The van der Waals surface area contributed by atoms with Crippen molar-refractivity contribution in [1.82, 2.24) is 0 Å². The average molecular weight is 256 g/mol. The lowest BCUT2D eigenvalue weighted by Gasteiger charge is -2.26. The highest BCUT2D eigenvalue weighted by molar-refractivity contribution is 5.92. The first-order chi connectivity index (χ1) is 8.65. The Kier molecular flexibility index (Phi) is 4.91. The predicted molar refractivity (Wildman–Crippen MR) is 61.5 cm³/mol. The van der Waals surface area contributed by atoms with Gasteiger partial charge in [-0.3, -0.25) is 0 Å². The highest BCUT2D eigenvalue weighted by Crippen LogP contribution is 2.40. The molecule has 0 aromatic rings. The van der Waals surface area contributed by atoms with E-state index >= 15 is 0 Å². The molecule has 1 heterocycles. The van der Waals surface area contributed by atoms with Crippen molar-refractivity contribution in [3.8, 4) is 0 Å². The van der Waals surface area contributed by atoms with Gasteiger partial charge in [-0.15, -0.1) is 0 Å². The number of carboxylic acids is 1. The summed E-state index contributed by atoms with van der Waals surface area (Å²) < 4.78 is 9.77. The Labute approximate surface area is 105 Å². The number of carbonyl (C=O) groups is 2. The molecule has 0 fully saturated rings. The molecular weight excluding hydrogens is 240 g/mol. The first kappa shape index (κ1) is 14.2. The van der Waals surface area contributed by atoms with Crippen molar-refractivity contribution >= 4 is 11.9 Å².